The molecule has 0 amide bonds. The van der Waals surface area contributed by atoms with E-state index in [4.69, 9.17) is 0 Å². The average Bonchev–Trinajstić information content (AvgIpc) is 3.16. The molecule has 3 nitrogen and oxygen atoms in total. The molecule has 1 heterocycles. The van der Waals surface area contributed by atoms with Crippen molar-refractivity contribution in [3.8, 4) is 6.07 Å². The van der Waals surface area contributed by atoms with Crippen LogP contribution < -0.4 is 5.32 Å². The van der Waals surface area contributed by atoms with Gasteiger partial charge in [0.25, 0.3) is 0 Å². The van der Waals surface area contributed by atoms with Gasteiger partial charge in [0.05, 0.1) is 6.07 Å². The molecule has 1 saturated heterocycles. The lowest BCUT2D eigenvalue weighted by Gasteiger charge is -2.37. The number of nitriles is 1. The van der Waals surface area contributed by atoms with E-state index in [0.29, 0.717) is 12.1 Å². The second-order valence-corrected chi connectivity index (χ2v) is 6.98. The number of hydrogen-bond acceptors (Lipinski definition) is 3. The number of nitrogens with one attached hydrogen (secondary N) is 1. The molecule has 2 aliphatic rings. The summed E-state index contributed by atoms with van der Waals surface area (Å²) in [5.74, 6) is 0.882. The zero-order valence-corrected chi connectivity index (χ0v) is 12.8. The molecule has 19 heavy (non-hydrogen) atoms. The lowest BCUT2D eigenvalue weighted by Crippen LogP contribution is -2.44. The van der Waals surface area contributed by atoms with Gasteiger partial charge in [-0.1, -0.05) is 6.92 Å². The van der Waals surface area contributed by atoms with E-state index in [0.717, 1.165) is 25.3 Å². The largest absolute Gasteiger partial charge is 0.301 e. The molecule has 0 aromatic rings. The fourth-order valence-corrected chi connectivity index (χ4v) is 3.26. The quantitative estimate of drug-likeness (QED) is 0.801. The highest BCUT2D eigenvalue weighted by Gasteiger charge is 2.32. The Hall–Kier alpha value is -0.590. The molecule has 0 aromatic heterocycles. The maximum atomic E-state index is 9.36. The monoisotopic (exact) mass is 263 g/mol. The molecule has 0 bridgehead atoms. The molecule has 3 heteroatoms. The van der Waals surface area contributed by atoms with Crippen molar-refractivity contribution in [1.82, 2.24) is 10.2 Å². The zero-order chi connectivity index (χ0) is 13.9. The maximum Gasteiger partial charge on any atom is 0.104 e. The van der Waals surface area contributed by atoms with Gasteiger partial charge in [-0.3, -0.25) is 5.32 Å². The predicted molar refractivity (Wildman–Crippen MR) is 78.8 cm³/mol. The van der Waals surface area contributed by atoms with Crippen molar-refractivity contribution in [2.75, 3.05) is 13.1 Å². The Balaban J connectivity index is 1.71. The Labute approximate surface area is 118 Å². The Morgan fingerprint density at radius 1 is 1.32 bits per heavy atom. The van der Waals surface area contributed by atoms with Crippen LogP contribution in [0.2, 0.25) is 0 Å². The van der Waals surface area contributed by atoms with Gasteiger partial charge in [0, 0.05) is 12.1 Å². The second-order valence-electron chi connectivity index (χ2n) is 6.98. The van der Waals surface area contributed by atoms with Crippen molar-refractivity contribution in [3.05, 3.63) is 0 Å². The Morgan fingerprint density at radius 2 is 2.05 bits per heavy atom. The first kappa shape index (κ1) is 14.8. The summed E-state index contributed by atoms with van der Waals surface area (Å²) in [6.45, 7) is 9.16. The Kier molecular flexibility index (Phi) is 4.86. The van der Waals surface area contributed by atoms with Gasteiger partial charge in [-0.2, -0.15) is 5.26 Å². The van der Waals surface area contributed by atoms with Crippen LogP contribution in [0.15, 0.2) is 0 Å². The average molecular weight is 263 g/mol. The fraction of sp³-hybridized carbons (Fsp3) is 0.938. The molecule has 0 aromatic carbocycles. The summed E-state index contributed by atoms with van der Waals surface area (Å²) in [4.78, 5) is 2.61. The summed E-state index contributed by atoms with van der Waals surface area (Å²) >= 11 is 0. The van der Waals surface area contributed by atoms with E-state index in [1.807, 2.05) is 0 Å². The minimum Gasteiger partial charge on any atom is -0.301 e. The molecule has 0 spiro atoms. The van der Waals surface area contributed by atoms with Crippen molar-refractivity contribution in [2.24, 2.45) is 5.92 Å². The molecular weight excluding hydrogens is 234 g/mol. The van der Waals surface area contributed by atoms with E-state index in [2.05, 4.69) is 37.1 Å². The smallest absolute Gasteiger partial charge is 0.104 e. The standard InChI is InChI=1S/C16H29N3/c1-13-7-10-19(14(2)11-13)9-4-8-16(3,12-17)18-15-5-6-15/h13-15,18H,4-11H2,1-3H3. The van der Waals surface area contributed by atoms with Crippen LogP contribution in [0.25, 0.3) is 0 Å². The summed E-state index contributed by atoms with van der Waals surface area (Å²) in [6.07, 6.45) is 7.26. The molecular formula is C16H29N3. The van der Waals surface area contributed by atoms with Crippen molar-refractivity contribution in [2.45, 2.75) is 76.9 Å². The molecule has 1 saturated carbocycles. The third-order valence-corrected chi connectivity index (χ3v) is 4.74. The summed E-state index contributed by atoms with van der Waals surface area (Å²) in [7, 11) is 0. The van der Waals surface area contributed by atoms with Gasteiger partial charge in [0.2, 0.25) is 0 Å². The number of nitrogens with zero attached hydrogens (tertiary/aromatic N) is 2. The Bertz CT molecular complexity index is 331. The predicted octanol–water partition coefficient (Wildman–Crippen LogP) is 2.92. The van der Waals surface area contributed by atoms with Crippen LogP contribution in [0.3, 0.4) is 0 Å². The van der Waals surface area contributed by atoms with E-state index >= 15 is 0 Å². The van der Waals surface area contributed by atoms with E-state index in [9.17, 15) is 5.26 Å². The fourth-order valence-electron chi connectivity index (χ4n) is 3.26. The van der Waals surface area contributed by atoms with Gasteiger partial charge in [-0.05, 0) is 71.4 Å². The lowest BCUT2D eigenvalue weighted by atomic mass is 9.92. The van der Waals surface area contributed by atoms with Crippen LogP contribution in [0, 0.1) is 17.2 Å². The molecule has 1 N–H and O–H groups in total. The number of piperidine rings is 1. The number of hydrogen-bond donors (Lipinski definition) is 1. The molecule has 2 rings (SSSR count). The normalized spacial score (nSPS) is 31.7. The van der Waals surface area contributed by atoms with Crippen LogP contribution in [0.5, 0.6) is 0 Å². The first-order chi connectivity index (χ1) is 9.02. The van der Waals surface area contributed by atoms with Crippen molar-refractivity contribution < 1.29 is 0 Å². The van der Waals surface area contributed by atoms with Gasteiger partial charge >= 0.3 is 0 Å². The van der Waals surface area contributed by atoms with Crippen molar-refractivity contribution in [1.29, 1.82) is 5.26 Å². The molecule has 3 unspecified atom stereocenters. The highest BCUT2D eigenvalue weighted by atomic mass is 15.2. The second kappa shape index (κ2) is 6.24. The van der Waals surface area contributed by atoms with Crippen LogP contribution in [0.1, 0.15) is 59.3 Å². The third kappa shape index (κ3) is 4.47. The lowest BCUT2D eigenvalue weighted by molar-refractivity contribution is 0.125. The first-order valence-corrected chi connectivity index (χ1v) is 7.95. The summed E-state index contributed by atoms with van der Waals surface area (Å²) < 4.78 is 0. The minimum atomic E-state index is -0.312. The summed E-state index contributed by atoms with van der Waals surface area (Å²) in [5.41, 5.74) is -0.312. The zero-order valence-electron chi connectivity index (χ0n) is 12.8. The van der Waals surface area contributed by atoms with Crippen molar-refractivity contribution >= 4 is 0 Å². The van der Waals surface area contributed by atoms with E-state index < -0.39 is 0 Å². The van der Waals surface area contributed by atoms with Crippen molar-refractivity contribution in [3.63, 3.8) is 0 Å². The van der Waals surface area contributed by atoms with Gasteiger partial charge in [-0.25, -0.2) is 0 Å². The molecule has 1 aliphatic carbocycles. The van der Waals surface area contributed by atoms with Gasteiger partial charge in [0.1, 0.15) is 5.54 Å². The van der Waals surface area contributed by atoms with E-state index in [1.165, 1.54) is 32.2 Å². The molecule has 0 radical (unpaired) electrons. The molecule has 1 aliphatic heterocycles. The maximum absolute atomic E-state index is 9.36. The highest BCUT2D eigenvalue weighted by molar-refractivity contribution is 5.07. The van der Waals surface area contributed by atoms with Gasteiger partial charge < -0.3 is 4.90 Å². The topological polar surface area (TPSA) is 39.1 Å². The van der Waals surface area contributed by atoms with Gasteiger partial charge in [-0.15, -0.1) is 0 Å². The number of rotatable bonds is 6. The third-order valence-electron chi connectivity index (χ3n) is 4.74. The first-order valence-electron chi connectivity index (χ1n) is 7.95. The van der Waals surface area contributed by atoms with Crippen LogP contribution in [-0.4, -0.2) is 35.6 Å². The van der Waals surface area contributed by atoms with Crippen LogP contribution >= 0.6 is 0 Å². The Morgan fingerprint density at radius 3 is 2.63 bits per heavy atom. The molecule has 3 atom stereocenters. The number of likely N-dealkylation sites (tertiary alicyclic amines) is 1. The molecule has 2 fully saturated rings. The summed E-state index contributed by atoms with van der Waals surface area (Å²) in [5, 5.41) is 12.9. The summed E-state index contributed by atoms with van der Waals surface area (Å²) in [6, 6.07) is 3.80. The van der Waals surface area contributed by atoms with Crippen LogP contribution in [-0.2, 0) is 0 Å². The molecule has 108 valence electrons. The highest BCUT2D eigenvalue weighted by Crippen LogP contribution is 2.26. The SMILES string of the molecule is CC1CCN(CCCC(C)(C#N)NC2CC2)C(C)C1. The van der Waals surface area contributed by atoms with Crippen LogP contribution in [0.4, 0.5) is 0 Å². The minimum absolute atomic E-state index is 0.312. The van der Waals surface area contributed by atoms with Gasteiger partial charge in [0.15, 0.2) is 0 Å². The van der Waals surface area contributed by atoms with E-state index in [-0.39, 0.29) is 5.54 Å². The van der Waals surface area contributed by atoms with E-state index in [1.54, 1.807) is 0 Å².